The molecule has 0 radical (unpaired) electrons. The molecule has 5 N–H and O–H groups in total. The molecule has 7 nitrogen and oxygen atoms in total. The fourth-order valence-electron chi connectivity index (χ4n) is 1.43. The summed E-state index contributed by atoms with van der Waals surface area (Å²) >= 11 is 0. The summed E-state index contributed by atoms with van der Waals surface area (Å²) in [4.78, 5) is 0. The third kappa shape index (κ3) is 4.42. The number of hydrogen-bond donors (Lipinski definition) is 4. The number of nitrogens with two attached hydrogens (primary N) is 1. The van der Waals surface area contributed by atoms with E-state index in [4.69, 9.17) is 10.9 Å². The number of nitrogens with zero attached hydrogens (tertiary/aromatic N) is 1. The van der Waals surface area contributed by atoms with E-state index in [2.05, 4.69) is 14.6 Å². The summed E-state index contributed by atoms with van der Waals surface area (Å²) in [5.41, 5.74) is 6.99. The first-order valence-corrected chi connectivity index (χ1v) is 7.12. The van der Waals surface area contributed by atoms with Crippen molar-refractivity contribution in [3.8, 4) is 0 Å². The summed E-state index contributed by atoms with van der Waals surface area (Å²) in [6.45, 7) is 5.20. The number of amidine groups is 1. The second-order valence-electron chi connectivity index (χ2n) is 4.39. The van der Waals surface area contributed by atoms with Gasteiger partial charge >= 0.3 is 0 Å². The standard InChI is InChI=1S/C11H18N4O3S/c1-7(2)14-19(17,18)15-10-6-9(11(12)13-16)5-4-8(10)3/h4-7,14-16H,1-3H3,(H2,12,13). The first-order chi connectivity index (χ1) is 8.75. The number of benzene rings is 1. The molecule has 0 fully saturated rings. The van der Waals surface area contributed by atoms with Crippen LogP contribution in [0.2, 0.25) is 0 Å². The van der Waals surface area contributed by atoms with Gasteiger partial charge in [0.2, 0.25) is 0 Å². The monoisotopic (exact) mass is 286 g/mol. The topological polar surface area (TPSA) is 117 Å². The van der Waals surface area contributed by atoms with Gasteiger partial charge in [0, 0.05) is 11.6 Å². The van der Waals surface area contributed by atoms with Crippen molar-refractivity contribution in [2.24, 2.45) is 10.9 Å². The largest absolute Gasteiger partial charge is 0.409 e. The predicted octanol–water partition coefficient (Wildman–Crippen LogP) is 0.744. The minimum Gasteiger partial charge on any atom is -0.409 e. The second kappa shape index (κ2) is 5.89. The molecular formula is C11H18N4O3S. The van der Waals surface area contributed by atoms with Crippen molar-refractivity contribution >= 4 is 21.7 Å². The van der Waals surface area contributed by atoms with Gasteiger partial charge in [-0.1, -0.05) is 17.3 Å². The quantitative estimate of drug-likeness (QED) is 0.276. The van der Waals surface area contributed by atoms with E-state index in [9.17, 15) is 8.42 Å². The lowest BCUT2D eigenvalue weighted by molar-refractivity contribution is 0.318. The lowest BCUT2D eigenvalue weighted by Gasteiger charge is -2.14. The number of oxime groups is 1. The second-order valence-corrected chi connectivity index (χ2v) is 5.84. The first-order valence-electron chi connectivity index (χ1n) is 5.64. The van der Waals surface area contributed by atoms with Crippen molar-refractivity contribution in [1.82, 2.24) is 4.72 Å². The molecule has 1 aromatic rings. The highest BCUT2D eigenvalue weighted by molar-refractivity contribution is 7.90. The molecule has 106 valence electrons. The van der Waals surface area contributed by atoms with Crippen LogP contribution in [0.15, 0.2) is 23.4 Å². The zero-order valence-electron chi connectivity index (χ0n) is 11.0. The van der Waals surface area contributed by atoms with Gasteiger partial charge in [0.15, 0.2) is 5.84 Å². The van der Waals surface area contributed by atoms with Crippen LogP contribution < -0.4 is 15.2 Å². The maximum absolute atomic E-state index is 11.8. The molecule has 0 atom stereocenters. The van der Waals surface area contributed by atoms with Gasteiger partial charge in [-0.3, -0.25) is 4.72 Å². The van der Waals surface area contributed by atoms with Crippen LogP contribution >= 0.6 is 0 Å². The van der Waals surface area contributed by atoms with E-state index in [-0.39, 0.29) is 11.9 Å². The summed E-state index contributed by atoms with van der Waals surface area (Å²) in [5.74, 6) is -0.0859. The molecule has 0 aliphatic heterocycles. The van der Waals surface area contributed by atoms with E-state index in [1.54, 1.807) is 32.9 Å². The Hall–Kier alpha value is -1.80. The van der Waals surface area contributed by atoms with E-state index >= 15 is 0 Å². The summed E-state index contributed by atoms with van der Waals surface area (Å²) < 4.78 is 28.4. The highest BCUT2D eigenvalue weighted by Crippen LogP contribution is 2.18. The summed E-state index contributed by atoms with van der Waals surface area (Å²) in [5, 5.41) is 11.5. The van der Waals surface area contributed by atoms with E-state index in [0.29, 0.717) is 11.3 Å². The van der Waals surface area contributed by atoms with Gasteiger partial charge in [-0.25, -0.2) is 0 Å². The van der Waals surface area contributed by atoms with E-state index in [0.717, 1.165) is 5.56 Å². The molecule has 0 aliphatic rings. The normalized spacial score (nSPS) is 12.7. The van der Waals surface area contributed by atoms with Crippen LogP contribution in [-0.4, -0.2) is 25.5 Å². The van der Waals surface area contributed by atoms with Gasteiger partial charge in [-0.05, 0) is 32.4 Å². The van der Waals surface area contributed by atoms with Crippen molar-refractivity contribution in [2.45, 2.75) is 26.8 Å². The lowest BCUT2D eigenvalue weighted by Crippen LogP contribution is -2.35. The molecule has 0 amide bonds. The van der Waals surface area contributed by atoms with Crippen LogP contribution in [-0.2, 0) is 10.2 Å². The van der Waals surface area contributed by atoms with Crippen molar-refractivity contribution in [1.29, 1.82) is 0 Å². The zero-order chi connectivity index (χ0) is 14.6. The number of hydrogen-bond acceptors (Lipinski definition) is 4. The van der Waals surface area contributed by atoms with Crippen molar-refractivity contribution in [2.75, 3.05) is 4.72 Å². The Morgan fingerprint density at radius 3 is 2.58 bits per heavy atom. The summed E-state index contributed by atoms with van der Waals surface area (Å²) in [6.07, 6.45) is 0. The van der Waals surface area contributed by atoms with Gasteiger partial charge in [0.05, 0.1) is 5.69 Å². The highest BCUT2D eigenvalue weighted by atomic mass is 32.2. The third-order valence-electron chi connectivity index (χ3n) is 2.28. The van der Waals surface area contributed by atoms with E-state index < -0.39 is 10.2 Å². The molecule has 0 heterocycles. The molecule has 0 aliphatic carbocycles. The molecule has 0 saturated heterocycles. The fourth-order valence-corrected chi connectivity index (χ4v) is 2.62. The molecule has 1 aromatic carbocycles. The molecule has 0 spiro atoms. The van der Waals surface area contributed by atoms with Gasteiger partial charge in [-0.2, -0.15) is 13.1 Å². The Bertz CT molecular complexity index is 582. The minimum atomic E-state index is -3.65. The van der Waals surface area contributed by atoms with Gasteiger partial charge in [0.25, 0.3) is 10.2 Å². The predicted molar refractivity (Wildman–Crippen MR) is 74.5 cm³/mol. The van der Waals surface area contributed by atoms with Crippen LogP contribution in [0.3, 0.4) is 0 Å². The van der Waals surface area contributed by atoms with Gasteiger partial charge in [-0.15, -0.1) is 0 Å². The number of rotatable bonds is 5. The number of aryl methyl sites for hydroxylation is 1. The van der Waals surface area contributed by atoms with Crippen LogP contribution in [0.4, 0.5) is 5.69 Å². The molecule has 0 aromatic heterocycles. The summed E-state index contributed by atoms with van der Waals surface area (Å²) in [7, 11) is -3.65. The Morgan fingerprint density at radius 2 is 2.05 bits per heavy atom. The first kappa shape index (κ1) is 15.3. The lowest BCUT2D eigenvalue weighted by atomic mass is 10.1. The average Bonchev–Trinajstić information content (AvgIpc) is 2.29. The minimum absolute atomic E-state index is 0.0859. The maximum Gasteiger partial charge on any atom is 0.299 e. The van der Waals surface area contributed by atoms with E-state index in [1.807, 2.05) is 0 Å². The number of nitrogens with one attached hydrogen (secondary N) is 2. The molecule has 19 heavy (non-hydrogen) atoms. The number of anilines is 1. The summed E-state index contributed by atoms with van der Waals surface area (Å²) in [6, 6.07) is 4.60. The molecule has 0 saturated carbocycles. The third-order valence-corrected chi connectivity index (χ3v) is 3.55. The van der Waals surface area contributed by atoms with Crippen LogP contribution in [0.1, 0.15) is 25.0 Å². The van der Waals surface area contributed by atoms with E-state index in [1.165, 1.54) is 6.07 Å². The van der Waals surface area contributed by atoms with Crippen molar-refractivity contribution in [3.05, 3.63) is 29.3 Å². The SMILES string of the molecule is Cc1ccc(/C(N)=N/O)cc1NS(=O)(=O)NC(C)C. The van der Waals surface area contributed by atoms with Crippen molar-refractivity contribution in [3.63, 3.8) is 0 Å². The Morgan fingerprint density at radius 1 is 1.42 bits per heavy atom. The van der Waals surface area contributed by atoms with Crippen LogP contribution in [0, 0.1) is 6.92 Å². The average molecular weight is 286 g/mol. The Labute approximate surface area is 112 Å². The molecular weight excluding hydrogens is 268 g/mol. The van der Waals surface area contributed by atoms with Gasteiger partial charge < -0.3 is 10.9 Å². The molecule has 1 rings (SSSR count). The molecule has 8 heteroatoms. The zero-order valence-corrected chi connectivity index (χ0v) is 11.8. The van der Waals surface area contributed by atoms with Crippen molar-refractivity contribution < 1.29 is 13.6 Å². The van der Waals surface area contributed by atoms with Crippen LogP contribution in [0.25, 0.3) is 0 Å². The van der Waals surface area contributed by atoms with Crippen LogP contribution in [0.5, 0.6) is 0 Å². The highest BCUT2D eigenvalue weighted by Gasteiger charge is 2.13. The van der Waals surface area contributed by atoms with Gasteiger partial charge in [0.1, 0.15) is 0 Å². The molecule has 0 bridgehead atoms. The Kier molecular flexibility index (Phi) is 4.73. The maximum atomic E-state index is 11.8. The fraction of sp³-hybridized carbons (Fsp3) is 0.364. The smallest absolute Gasteiger partial charge is 0.299 e. The molecule has 0 unspecified atom stereocenters. The Balaban J connectivity index is 3.07.